The second-order valence-electron chi connectivity index (χ2n) is 14.6. The van der Waals surface area contributed by atoms with Gasteiger partial charge in [-0.15, -0.1) is 0 Å². The highest BCUT2D eigenvalue weighted by Crippen LogP contribution is 2.34. The molecular formula is C41H53N3O8. The van der Waals surface area contributed by atoms with Gasteiger partial charge in [0, 0.05) is 38.9 Å². The van der Waals surface area contributed by atoms with Crippen LogP contribution in [-0.2, 0) is 43.1 Å². The molecule has 1 aliphatic heterocycles. The zero-order valence-electron chi connectivity index (χ0n) is 30.7. The van der Waals surface area contributed by atoms with Crippen molar-refractivity contribution in [2.45, 2.75) is 83.3 Å². The summed E-state index contributed by atoms with van der Waals surface area (Å²) in [6, 6.07) is 23.7. The number of rotatable bonds is 15. The van der Waals surface area contributed by atoms with Gasteiger partial charge in [0.15, 0.2) is 0 Å². The van der Waals surface area contributed by atoms with Crippen LogP contribution >= 0.6 is 0 Å². The van der Waals surface area contributed by atoms with Crippen molar-refractivity contribution in [3.63, 3.8) is 0 Å². The second-order valence-corrected chi connectivity index (χ2v) is 14.6. The van der Waals surface area contributed by atoms with Crippen LogP contribution < -0.4 is 15.4 Å². The normalized spacial score (nSPS) is 19.1. The number of hydrogen-bond acceptors (Lipinski definition) is 9. The van der Waals surface area contributed by atoms with E-state index in [1.54, 1.807) is 20.8 Å². The number of carbonyl (C=O) groups excluding carboxylic acids is 3. The van der Waals surface area contributed by atoms with Gasteiger partial charge in [-0.25, -0.2) is 4.79 Å². The van der Waals surface area contributed by atoms with E-state index in [4.69, 9.17) is 18.9 Å². The number of carbonyl (C=O) groups is 3. The third kappa shape index (κ3) is 11.8. The Bertz CT molecular complexity index is 1600. The van der Waals surface area contributed by atoms with Gasteiger partial charge in [0.1, 0.15) is 24.1 Å². The molecule has 3 N–H and O–H groups in total. The Balaban J connectivity index is 1.34. The van der Waals surface area contributed by atoms with Crippen LogP contribution in [0.1, 0.15) is 62.4 Å². The molecule has 2 aliphatic rings. The van der Waals surface area contributed by atoms with E-state index in [1.807, 2.05) is 78.9 Å². The monoisotopic (exact) mass is 715 g/mol. The van der Waals surface area contributed by atoms with Gasteiger partial charge in [-0.3, -0.25) is 14.5 Å². The molecule has 0 bridgehead atoms. The van der Waals surface area contributed by atoms with Crippen LogP contribution in [0.25, 0.3) is 0 Å². The van der Waals surface area contributed by atoms with E-state index in [0.29, 0.717) is 25.9 Å². The molecule has 1 fully saturated rings. The number of morpholine rings is 1. The quantitative estimate of drug-likeness (QED) is 0.190. The zero-order valence-corrected chi connectivity index (χ0v) is 30.7. The van der Waals surface area contributed by atoms with Crippen molar-refractivity contribution in [3.8, 4) is 5.75 Å². The molecule has 11 nitrogen and oxygen atoms in total. The lowest BCUT2D eigenvalue weighted by Crippen LogP contribution is -2.48. The van der Waals surface area contributed by atoms with Gasteiger partial charge < -0.3 is 34.7 Å². The van der Waals surface area contributed by atoms with Crippen LogP contribution in [0.5, 0.6) is 5.75 Å². The minimum atomic E-state index is -1.11. The molecule has 2 amide bonds. The van der Waals surface area contributed by atoms with Gasteiger partial charge in [0.05, 0.1) is 31.4 Å². The molecule has 1 aliphatic carbocycles. The maximum atomic E-state index is 14.3. The van der Waals surface area contributed by atoms with Crippen molar-refractivity contribution < 1.29 is 38.4 Å². The molecule has 5 atom stereocenters. The Morgan fingerprint density at radius 3 is 2.29 bits per heavy atom. The summed E-state index contributed by atoms with van der Waals surface area (Å²) in [5.41, 5.74) is 2.97. The molecule has 52 heavy (non-hydrogen) atoms. The summed E-state index contributed by atoms with van der Waals surface area (Å²) in [5.74, 6) is -0.686. The van der Waals surface area contributed by atoms with E-state index in [-0.39, 0.29) is 12.3 Å². The van der Waals surface area contributed by atoms with Gasteiger partial charge in [-0.1, -0.05) is 66.7 Å². The molecule has 0 radical (unpaired) electrons. The highest BCUT2D eigenvalue weighted by molar-refractivity contribution is 5.80. The second kappa shape index (κ2) is 18.3. The molecular weight excluding hydrogens is 662 g/mol. The van der Waals surface area contributed by atoms with Crippen LogP contribution in [0.4, 0.5) is 4.79 Å². The Kier molecular flexibility index (Phi) is 13.7. The summed E-state index contributed by atoms with van der Waals surface area (Å²) in [6.45, 7) is 11.3. The molecule has 5 rings (SSSR count). The molecule has 1 saturated heterocycles. The summed E-state index contributed by atoms with van der Waals surface area (Å²) in [6.07, 6.45) is -1.14. The fraction of sp³-hybridized carbons (Fsp3) is 0.488. The summed E-state index contributed by atoms with van der Waals surface area (Å²) in [5, 5.41) is 17.8. The fourth-order valence-electron chi connectivity index (χ4n) is 6.80. The Morgan fingerprint density at radius 1 is 0.923 bits per heavy atom. The number of aliphatic hydroxyl groups excluding tert-OH is 1. The number of amides is 2. The first-order valence-corrected chi connectivity index (χ1v) is 18.2. The van der Waals surface area contributed by atoms with Gasteiger partial charge in [-0.2, -0.15) is 0 Å². The molecule has 11 heteroatoms. The number of nitrogens with zero attached hydrogens (tertiary/aromatic N) is 1. The molecule has 280 valence electrons. The smallest absolute Gasteiger partial charge is 0.407 e. The highest BCUT2D eigenvalue weighted by Gasteiger charge is 2.38. The van der Waals surface area contributed by atoms with E-state index in [0.717, 1.165) is 60.9 Å². The summed E-state index contributed by atoms with van der Waals surface area (Å²) >= 11 is 0. The van der Waals surface area contributed by atoms with Crippen molar-refractivity contribution in [2.24, 2.45) is 5.92 Å². The Hall–Kier alpha value is -4.45. The number of benzene rings is 3. The van der Waals surface area contributed by atoms with Crippen LogP contribution in [0.15, 0.2) is 78.9 Å². The number of nitrogens with one attached hydrogen (secondary N) is 2. The summed E-state index contributed by atoms with van der Waals surface area (Å²) < 4.78 is 22.6. The lowest BCUT2D eigenvalue weighted by Gasteiger charge is -2.30. The lowest BCUT2D eigenvalue weighted by molar-refractivity contribution is -0.148. The molecule has 0 aromatic heterocycles. The summed E-state index contributed by atoms with van der Waals surface area (Å²) in [4.78, 5) is 41.6. The minimum absolute atomic E-state index is 0.0452. The average Bonchev–Trinajstić information content (AvgIpc) is 3.44. The summed E-state index contributed by atoms with van der Waals surface area (Å²) in [7, 11) is 0. The number of ether oxygens (including phenoxy) is 4. The van der Waals surface area contributed by atoms with E-state index in [9.17, 15) is 19.5 Å². The molecule has 3 aromatic rings. The van der Waals surface area contributed by atoms with Crippen LogP contribution in [0.2, 0.25) is 0 Å². The molecule has 0 spiro atoms. The van der Waals surface area contributed by atoms with Gasteiger partial charge in [-0.05, 0) is 74.4 Å². The predicted octanol–water partition coefficient (Wildman–Crippen LogP) is 4.79. The molecule has 0 saturated carbocycles. The van der Waals surface area contributed by atoms with Crippen molar-refractivity contribution >= 4 is 18.0 Å². The predicted molar refractivity (Wildman–Crippen MR) is 197 cm³/mol. The average molecular weight is 716 g/mol. The highest BCUT2D eigenvalue weighted by atomic mass is 16.6. The number of esters is 1. The van der Waals surface area contributed by atoms with Crippen molar-refractivity contribution in [1.29, 1.82) is 0 Å². The third-order valence-electron chi connectivity index (χ3n) is 9.35. The fourth-order valence-corrected chi connectivity index (χ4v) is 6.80. The van der Waals surface area contributed by atoms with Crippen molar-refractivity contribution in [1.82, 2.24) is 15.5 Å². The van der Waals surface area contributed by atoms with E-state index >= 15 is 0 Å². The number of hydrogen-bond donors (Lipinski definition) is 3. The van der Waals surface area contributed by atoms with Crippen LogP contribution in [-0.4, -0.2) is 91.3 Å². The SMILES string of the molecule is CC(=O)O[C@@H]1Cc2ccccc2[C@@H]1NC(=O)[C@H](Cc1ccc(OCCN2CCOCC2)cc1)C[C@H](O)[C@H](Cc1ccccc1)NC(=O)OC(C)(C)C. The van der Waals surface area contributed by atoms with Gasteiger partial charge in [0.2, 0.25) is 5.91 Å². The number of fused-ring (bicyclic) bond motifs is 1. The molecule has 1 heterocycles. The van der Waals surface area contributed by atoms with E-state index < -0.39 is 47.9 Å². The maximum absolute atomic E-state index is 14.3. The maximum Gasteiger partial charge on any atom is 0.407 e. The lowest BCUT2D eigenvalue weighted by atomic mass is 9.88. The van der Waals surface area contributed by atoms with E-state index in [1.165, 1.54) is 6.92 Å². The largest absolute Gasteiger partial charge is 0.492 e. The first-order valence-electron chi connectivity index (χ1n) is 18.2. The molecule has 3 aromatic carbocycles. The Labute approximate surface area is 307 Å². The van der Waals surface area contributed by atoms with Crippen molar-refractivity contribution in [2.75, 3.05) is 39.5 Å². The zero-order chi connectivity index (χ0) is 37.1. The number of aliphatic hydroxyl groups is 1. The minimum Gasteiger partial charge on any atom is -0.492 e. The standard InChI is InChI=1S/C41H53N3O8/c1-28(45)51-37-27-31-12-8-9-13-34(31)38(37)43-39(47)32(24-30-14-16-33(17-15-30)50-23-20-44-18-21-49-22-19-44)26-36(46)35(25-29-10-6-5-7-11-29)42-40(48)52-41(2,3)4/h5-17,32,35-38,46H,18-27H2,1-4H3,(H,42,48)(H,43,47)/t32-,35+,36+,37-,38+/m1/s1. The first-order chi connectivity index (χ1) is 24.9. The Morgan fingerprint density at radius 2 is 1.60 bits per heavy atom. The van der Waals surface area contributed by atoms with Crippen LogP contribution in [0.3, 0.4) is 0 Å². The topological polar surface area (TPSA) is 136 Å². The van der Waals surface area contributed by atoms with Crippen molar-refractivity contribution in [3.05, 3.63) is 101 Å². The molecule has 0 unspecified atom stereocenters. The van der Waals surface area contributed by atoms with Gasteiger partial charge in [0.25, 0.3) is 0 Å². The van der Waals surface area contributed by atoms with E-state index in [2.05, 4.69) is 15.5 Å². The number of alkyl carbamates (subject to hydrolysis) is 1. The van der Waals surface area contributed by atoms with Crippen LogP contribution in [0, 0.1) is 5.92 Å². The first kappa shape index (κ1) is 38.8. The third-order valence-corrected chi connectivity index (χ3v) is 9.35. The van der Waals surface area contributed by atoms with Gasteiger partial charge >= 0.3 is 12.1 Å².